The summed E-state index contributed by atoms with van der Waals surface area (Å²) in [7, 11) is 0. The fraction of sp³-hybridized carbons (Fsp3) is 0.333. The lowest BCUT2D eigenvalue weighted by Crippen LogP contribution is -2.46. The Morgan fingerprint density at radius 1 is 0.800 bits per heavy atom. The molecule has 0 saturated carbocycles. The standard InChI is InChI=1S/C18H18F4N2O/c19-14-13(11-25)15(20)17(22)18(16(14)21)24-8-6-23(7-9-24)10-12-4-2-1-3-5-12/h1-5,25H,6-11H2. The predicted octanol–water partition coefficient (Wildman–Crippen LogP) is 3.06. The summed E-state index contributed by atoms with van der Waals surface area (Å²) in [5, 5.41) is 8.89. The Morgan fingerprint density at radius 3 is 1.88 bits per heavy atom. The van der Waals surface area contributed by atoms with E-state index in [1.54, 1.807) is 0 Å². The van der Waals surface area contributed by atoms with Crippen LogP contribution in [0.15, 0.2) is 30.3 Å². The summed E-state index contributed by atoms with van der Waals surface area (Å²) in [5.74, 6) is -6.00. The van der Waals surface area contributed by atoms with Crippen LogP contribution in [0.2, 0.25) is 0 Å². The van der Waals surface area contributed by atoms with Gasteiger partial charge in [-0.05, 0) is 5.56 Å². The van der Waals surface area contributed by atoms with Gasteiger partial charge in [0.1, 0.15) is 5.69 Å². The minimum absolute atomic E-state index is 0.248. The molecule has 134 valence electrons. The molecule has 0 aliphatic carbocycles. The minimum atomic E-state index is -1.54. The van der Waals surface area contributed by atoms with Crippen LogP contribution >= 0.6 is 0 Å². The smallest absolute Gasteiger partial charge is 0.185 e. The van der Waals surface area contributed by atoms with Crippen molar-refractivity contribution in [2.45, 2.75) is 13.2 Å². The van der Waals surface area contributed by atoms with Crippen LogP contribution in [0.3, 0.4) is 0 Å². The Morgan fingerprint density at radius 2 is 1.36 bits per heavy atom. The highest BCUT2D eigenvalue weighted by Gasteiger charge is 2.30. The second-order valence-corrected chi connectivity index (χ2v) is 5.99. The zero-order chi connectivity index (χ0) is 18.0. The van der Waals surface area contributed by atoms with Gasteiger partial charge in [0.2, 0.25) is 0 Å². The number of hydrogen-bond donors (Lipinski definition) is 1. The molecule has 1 heterocycles. The Bertz CT molecular complexity index is 717. The van der Waals surface area contributed by atoms with E-state index in [-0.39, 0.29) is 13.1 Å². The van der Waals surface area contributed by atoms with Crippen molar-refractivity contribution in [3.63, 3.8) is 0 Å². The number of hydrogen-bond acceptors (Lipinski definition) is 3. The van der Waals surface area contributed by atoms with Crippen LogP contribution in [0.5, 0.6) is 0 Å². The van der Waals surface area contributed by atoms with Gasteiger partial charge in [-0.15, -0.1) is 0 Å². The van der Waals surface area contributed by atoms with Crippen molar-refractivity contribution in [3.05, 3.63) is 64.7 Å². The molecular formula is C18H18F4N2O. The highest BCUT2D eigenvalue weighted by atomic mass is 19.2. The second kappa shape index (κ2) is 7.41. The number of benzene rings is 2. The summed E-state index contributed by atoms with van der Waals surface area (Å²) < 4.78 is 56.0. The van der Waals surface area contributed by atoms with Gasteiger partial charge in [0.05, 0.1) is 12.2 Å². The zero-order valence-corrected chi connectivity index (χ0v) is 13.5. The van der Waals surface area contributed by atoms with Gasteiger partial charge in [-0.3, -0.25) is 4.90 Å². The molecule has 25 heavy (non-hydrogen) atoms. The zero-order valence-electron chi connectivity index (χ0n) is 13.5. The normalized spacial score (nSPS) is 15.6. The van der Waals surface area contributed by atoms with E-state index in [0.717, 1.165) is 5.56 Å². The van der Waals surface area contributed by atoms with Crippen LogP contribution in [0.1, 0.15) is 11.1 Å². The van der Waals surface area contributed by atoms with Crippen molar-refractivity contribution in [3.8, 4) is 0 Å². The summed E-state index contributed by atoms with van der Waals surface area (Å²) in [6, 6.07) is 9.77. The van der Waals surface area contributed by atoms with Crippen molar-refractivity contribution in [2.75, 3.05) is 31.1 Å². The van der Waals surface area contributed by atoms with Crippen LogP contribution in [0.25, 0.3) is 0 Å². The van der Waals surface area contributed by atoms with Gasteiger partial charge in [0.15, 0.2) is 23.3 Å². The van der Waals surface area contributed by atoms with E-state index in [2.05, 4.69) is 4.90 Å². The Labute approximate surface area is 143 Å². The molecule has 7 heteroatoms. The first-order valence-electron chi connectivity index (χ1n) is 7.99. The molecule has 1 aliphatic rings. The number of anilines is 1. The summed E-state index contributed by atoms with van der Waals surface area (Å²) >= 11 is 0. The number of halogens is 4. The molecule has 0 aromatic heterocycles. The molecule has 1 fully saturated rings. The lowest BCUT2D eigenvalue weighted by molar-refractivity contribution is 0.246. The van der Waals surface area contributed by atoms with Gasteiger partial charge in [-0.2, -0.15) is 0 Å². The fourth-order valence-corrected chi connectivity index (χ4v) is 3.05. The van der Waals surface area contributed by atoms with E-state index in [0.29, 0.717) is 19.6 Å². The molecule has 1 saturated heterocycles. The average Bonchev–Trinajstić information content (AvgIpc) is 2.63. The fourth-order valence-electron chi connectivity index (χ4n) is 3.05. The van der Waals surface area contributed by atoms with E-state index in [9.17, 15) is 17.6 Å². The summed E-state index contributed by atoms with van der Waals surface area (Å²) in [4.78, 5) is 3.41. The number of nitrogens with zero attached hydrogens (tertiary/aromatic N) is 2. The van der Waals surface area contributed by atoms with Crippen molar-refractivity contribution in [1.82, 2.24) is 4.90 Å². The molecule has 0 unspecified atom stereocenters. The summed E-state index contributed by atoms with van der Waals surface area (Å²) in [6.07, 6.45) is 0. The van der Waals surface area contributed by atoms with Crippen molar-refractivity contribution in [1.29, 1.82) is 0 Å². The molecule has 0 radical (unpaired) electrons. The highest BCUT2D eigenvalue weighted by Crippen LogP contribution is 2.31. The maximum absolute atomic E-state index is 14.2. The summed E-state index contributed by atoms with van der Waals surface area (Å²) in [5.41, 5.74) is -0.564. The lowest BCUT2D eigenvalue weighted by Gasteiger charge is -2.36. The quantitative estimate of drug-likeness (QED) is 0.675. The maximum Gasteiger partial charge on any atom is 0.185 e. The monoisotopic (exact) mass is 354 g/mol. The summed E-state index contributed by atoms with van der Waals surface area (Å²) in [6.45, 7) is 1.12. The largest absolute Gasteiger partial charge is 0.391 e. The van der Waals surface area contributed by atoms with Crippen molar-refractivity contribution >= 4 is 5.69 Å². The number of piperazine rings is 1. The molecule has 2 aromatic rings. The van der Waals surface area contributed by atoms with Crippen LogP contribution in [-0.2, 0) is 13.2 Å². The van der Waals surface area contributed by atoms with E-state index in [1.807, 2.05) is 30.3 Å². The molecule has 0 amide bonds. The van der Waals surface area contributed by atoms with Gasteiger partial charge < -0.3 is 10.0 Å². The third kappa shape index (κ3) is 3.48. The van der Waals surface area contributed by atoms with E-state index in [4.69, 9.17) is 5.11 Å². The Balaban J connectivity index is 1.75. The molecule has 3 rings (SSSR count). The van der Waals surface area contributed by atoms with Gasteiger partial charge in [-0.25, -0.2) is 17.6 Å². The third-order valence-corrected chi connectivity index (χ3v) is 4.43. The maximum atomic E-state index is 14.2. The van der Waals surface area contributed by atoms with Crippen molar-refractivity contribution in [2.24, 2.45) is 0 Å². The third-order valence-electron chi connectivity index (χ3n) is 4.43. The van der Waals surface area contributed by atoms with Crippen LogP contribution < -0.4 is 4.90 Å². The van der Waals surface area contributed by atoms with Gasteiger partial charge in [-0.1, -0.05) is 30.3 Å². The molecular weight excluding hydrogens is 336 g/mol. The Hall–Kier alpha value is -2.12. The SMILES string of the molecule is OCc1c(F)c(F)c(N2CCN(Cc3ccccc3)CC2)c(F)c1F. The van der Waals surface area contributed by atoms with Gasteiger partial charge in [0, 0.05) is 32.7 Å². The predicted molar refractivity (Wildman–Crippen MR) is 86.1 cm³/mol. The molecule has 1 N–H and O–H groups in total. The molecule has 0 bridgehead atoms. The number of rotatable bonds is 4. The van der Waals surface area contributed by atoms with Crippen molar-refractivity contribution < 1.29 is 22.7 Å². The molecule has 2 aromatic carbocycles. The first kappa shape index (κ1) is 17.7. The Kier molecular flexibility index (Phi) is 5.24. The van der Waals surface area contributed by atoms with E-state index in [1.165, 1.54) is 4.90 Å². The number of aliphatic hydroxyl groups excluding tert-OH is 1. The molecule has 1 aliphatic heterocycles. The van der Waals surface area contributed by atoms with E-state index >= 15 is 0 Å². The van der Waals surface area contributed by atoms with Gasteiger partial charge in [0.25, 0.3) is 0 Å². The van der Waals surface area contributed by atoms with Crippen LogP contribution in [0.4, 0.5) is 23.2 Å². The average molecular weight is 354 g/mol. The van der Waals surface area contributed by atoms with E-state index < -0.39 is 41.1 Å². The highest BCUT2D eigenvalue weighted by molar-refractivity contribution is 5.52. The molecule has 0 spiro atoms. The minimum Gasteiger partial charge on any atom is -0.391 e. The second-order valence-electron chi connectivity index (χ2n) is 5.99. The van der Waals surface area contributed by atoms with Crippen LogP contribution in [-0.4, -0.2) is 36.2 Å². The first-order chi connectivity index (χ1) is 12.0. The van der Waals surface area contributed by atoms with Crippen LogP contribution in [0, 0.1) is 23.3 Å². The molecule has 3 nitrogen and oxygen atoms in total. The van der Waals surface area contributed by atoms with Gasteiger partial charge >= 0.3 is 0 Å². The number of aliphatic hydroxyl groups is 1. The molecule has 0 atom stereocenters. The first-order valence-corrected chi connectivity index (χ1v) is 7.99. The lowest BCUT2D eigenvalue weighted by atomic mass is 10.1. The topological polar surface area (TPSA) is 26.7 Å².